The molecule has 0 aliphatic carbocycles. The fourth-order valence-electron chi connectivity index (χ4n) is 1.44. The number of hydrogen-bond acceptors (Lipinski definition) is 3. The summed E-state index contributed by atoms with van der Waals surface area (Å²) in [6.45, 7) is 2.17. The van der Waals surface area contributed by atoms with Crippen LogP contribution in [0, 0.1) is 12.7 Å². The predicted octanol–water partition coefficient (Wildman–Crippen LogP) is 2.67. The lowest BCUT2D eigenvalue weighted by Crippen LogP contribution is -2.23. The summed E-state index contributed by atoms with van der Waals surface area (Å²) in [5, 5.41) is 3.87. The number of thiophene rings is 1. The zero-order valence-electron chi connectivity index (χ0n) is 9.68. The van der Waals surface area contributed by atoms with Crippen molar-refractivity contribution in [3.8, 4) is 0 Å². The molecule has 18 heavy (non-hydrogen) atoms. The normalized spacial score (nSPS) is 11.7. The molecule has 0 amide bonds. The highest BCUT2D eigenvalue weighted by molar-refractivity contribution is 7.89. The SMILES string of the molecule is Cc1cscc1CNS(=O)(=O)c1ccc(F)cc1. The fourth-order valence-corrected chi connectivity index (χ4v) is 3.30. The molecule has 0 spiro atoms. The predicted molar refractivity (Wildman–Crippen MR) is 69.5 cm³/mol. The van der Waals surface area contributed by atoms with E-state index in [4.69, 9.17) is 0 Å². The lowest BCUT2D eigenvalue weighted by molar-refractivity contribution is 0.580. The molecular weight excluding hydrogens is 273 g/mol. The van der Waals surface area contributed by atoms with Crippen LogP contribution in [0.15, 0.2) is 39.9 Å². The first kappa shape index (κ1) is 13.2. The number of sulfonamides is 1. The van der Waals surface area contributed by atoms with Gasteiger partial charge in [-0.2, -0.15) is 11.3 Å². The molecule has 0 saturated carbocycles. The molecule has 0 bridgehead atoms. The van der Waals surface area contributed by atoms with Gasteiger partial charge in [-0.3, -0.25) is 0 Å². The molecule has 1 aromatic carbocycles. The van der Waals surface area contributed by atoms with Crippen LogP contribution in [-0.2, 0) is 16.6 Å². The van der Waals surface area contributed by atoms with Gasteiger partial charge in [-0.25, -0.2) is 17.5 Å². The van der Waals surface area contributed by atoms with E-state index in [9.17, 15) is 12.8 Å². The summed E-state index contributed by atoms with van der Waals surface area (Å²) in [6.07, 6.45) is 0. The minimum absolute atomic E-state index is 0.0665. The monoisotopic (exact) mass is 285 g/mol. The van der Waals surface area contributed by atoms with Crippen LogP contribution in [0.1, 0.15) is 11.1 Å². The van der Waals surface area contributed by atoms with Crippen molar-refractivity contribution >= 4 is 21.4 Å². The van der Waals surface area contributed by atoms with Crippen LogP contribution in [0.2, 0.25) is 0 Å². The van der Waals surface area contributed by atoms with E-state index in [0.29, 0.717) is 0 Å². The highest BCUT2D eigenvalue weighted by Crippen LogP contribution is 2.15. The zero-order chi connectivity index (χ0) is 13.2. The first-order chi connectivity index (χ1) is 8.49. The molecule has 0 atom stereocenters. The Kier molecular flexibility index (Phi) is 3.79. The van der Waals surface area contributed by atoms with Crippen LogP contribution in [0.3, 0.4) is 0 Å². The van der Waals surface area contributed by atoms with E-state index in [0.717, 1.165) is 23.3 Å². The van der Waals surface area contributed by atoms with Gasteiger partial charge in [0.15, 0.2) is 0 Å². The summed E-state index contributed by atoms with van der Waals surface area (Å²) in [5.74, 6) is -0.456. The summed E-state index contributed by atoms with van der Waals surface area (Å²) in [7, 11) is -3.58. The van der Waals surface area contributed by atoms with Gasteiger partial charge in [0.25, 0.3) is 0 Å². The molecule has 0 unspecified atom stereocenters. The van der Waals surface area contributed by atoms with Gasteiger partial charge in [-0.15, -0.1) is 0 Å². The maximum Gasteiger partial charge on any atom is 0.240 e. The molecule has 1 aromatic heterocycles. The van der Waals surface area contributed by atoms with Gasteiger partial charge in [0.2, 0.25) is 10.0 Å². The minimum atomic E-state index is -3.58. The first-order valence-electron chi connectivity index (χ1n) is 5.26. The Labute approximate surface area is 109 Å². The molecule has 96 valence electrons. The van der Waals surface area contributed by atoms with Crippen LogP contribution >= 0.6 is 11.3 Å². The van der Waals surface area contributed by atoms with Crippen LogP contribution in [-0.4, -0.2) is 8.42 Å². The van der Waals surface area contributed by atoms with Crippen LogP contribution in [0.4, 0.5) is 4.39 Å². The molecule has 0 fully saturated rings. The third-order valence-corrected chi connectivity index (χ3v) is 4.87. The Morgan fingerprint density at radius 2 is 1.89 bits per heavy atom. The Morgan fingerprint density at radius 3 is 2.44 bits per heavy atom. The highest BCUT2D eigenvalue weighted by Gasteiger charge is 2.14. The topological polar surface area (TPSA) is 46.2 Å². The quantitative estimate of drug-likeness (QED) is 0.938. The smallest absolute Gasteiger partial charge is 0.207 e. The number of rotatable bonds is 4. The van der Waals surface area contributed by atoms with Gasteiger partial charge >= 0.3 is 0 Å². The van der Waals surface area contributed by atoms with Crippen molar-refractivity contribution in [2.24, 2.45) is 0 Å². The summed E-state index contributed by atoms with van der Waals surface area (Å²) < 4.78 is 39.1. The molecule has 2 rings (SSSR count). The van der Waals surface area contributed by atoms with Gasteiger partial charge < -0.3 is 0 Å². The third kappa shape index (κ3) is 2.95. The number of benzene rings is 1. The van der Waals surface area contributed by atoms with E-state index in [1.165, 1.54) is 23.5 Å². The number of nitrogens with one attached hydrogen (secondary N) is 1. The minimum Gasteiger partial charge on any atom is -0.207 e. The Morgan fingerprint density at radius 1 is 1.22 bits per heavy atom. The zero-order valence-corrected chi connectivity index (χ0v) is 11.3. The maximum absolute atomic E-state index is 12.7. The molecule has 2 aromatic rings. The second-order valence-corrected chi connectivity index (χ2v) is 6.37. The van der Waals surface area contributed by atoms with Gasteiger partial charge in [0.05, 0.1) is 4.90 Å². The van der Waals surface area contributed by atoms with Crippen LogP contribution in [0.25, 0.3) is 0 Å². The maximum atomic E-state index is 12.7. The Balaban J connectivity index is 2.13. The van der Waals surface area contributed by atoms with Crippen molar-refractivity contribution in [1.82, 2.24) is 4.72 Å². The second kappa shape index (κ2) is 5.17. The number of halogens is 1. The van der Waals surface area contributed by atoms with Crippen molar-refractivity contribution < 1.29 is 12.8 Å². The number of aryl methyl sites for hydroxylation is 1. The largest absolute Gasteiger partial charge is 0.240 e. The van der Waals surface area contributed by atoms with E-state index < -0.39 is 15.8 Å². The number of hydrogen-bond donors (Lipinski definition) is 1. The van der Waals surface area contributed by atoms with Crippen LogP contribution in [0.5, 0.6) is 0 Å². The van der Waals surface area contributed by atoms with Crippen molar-refractivity contribution in [3.63, 3.8) is 0 Å². The molecule has 0 aliphatic heterocycles. The van der Waals surface area contributed by atoms with Gasteiger partial charge in [-0.05, 0) is 53.1 Å². The summed E-state index contributed by atoms with van der Waals surface area (Å²) in [5.41, 5.74) is 2.01. The summed E-state index contributed by atoms with van der Waals surface area (Å²) in [4.78, 5) is 0.0665. The average molecular weight is 285 g/mol. The lowest BCUT2D eigenvalue weighted by atomic mass is 10.2. The lowest BCUT2D eigenvalue weighted by Gasteiger charge is -2.06. The van der Waals surface area contributed by atoms with Gasteiger partial charge in [0.1, 0.15) is 5.82 Å². The van der Waals surface area contributed by atoms with E-state index >= 15 is 0 Å². The van der Waals surface area contributed by atoms with Crippen molar-refractivity contribution in [2.75, 3.05) is 0 Å². The van der Waals surface area contributed by atoms with E-state index in [1.807, 2.05) is 17.7 Å². The van der Waals surface area contributed by atoms with Crippen molar-refractivity contribution in [3.05, 3.63) is 52.0 Å². The molecule has 6 heteroatoms. The van der Waals surface area contributed by atoms with Gasteiger partial charge in [0, 0.05) is 6.54 Å². The second-order valence-electron chi connectivity index (χ2n) is 3.86. The molecule has 0 radical (unpaired) electrons. The van der Waals surface area contributed by atoms with Crippen molar-refractivity contribution in [2.45, 2.75) is 18.4 Å². The fraction of sp³-hybridized carbons (Fsp3) is 0.167. The third-order valence-electron chi connectivity index (χ3n) is 2.54. The molecule has 0 saturated heterocycles. The first-order valence-corrected chi connectivity index (χ1v) is 7.68. The Hall–Kier alpha value is -1.24. The van der Waals surface area contributed by atoms with Gasteiger partial charge in [-0.1, -0.05) is 0 Å². The molecule has 3 nitrogen and oxygen atoms in total. The molecule has 1 N–H and O–H groups in total. The molecular formula is C12H12FNO2S2. The van der Waals surface area contributed by atoms with E-state index in [1.54, 1.807) is 0 Å². The summed E-state index contributed by atoms with van der Waals surface area (Å²) >= 11 is 1.53. The average Bonchev–Trinajstić information content (AvgIpc) is 2.73. The highest BCUT2D eigenvalue weighted by atomic mass is 32.2. The molecule has 0 aliphatic rings. The Bertz CT molecular complexity index is 632. The standard InChI is InChI=1S/C12H12FNO2S2/c1-9-7-17-8-10(9)6-14-18(15,16)12-4-2-11(13)3-5-12/h2-5,7-8,14H,6H2,1H3. The van der Waals surface area contributed by atoms with Crippen molar-refractivity contribution in [1.29, 1.82) is 0 Å². The van der Waals surface area contributed by atoms with E-state index in [2.05, 4.69) is 4.72 Å². The molecule has 1 heterocycles. The van der Waals surface area contributed by atoms with Crippen LogP contribution < -0.4 is 4.72 Å². The summed E-state index contributed by atoms with van der Waals surface area (Å²) in [6, 6.07) is 4.76. The van der Waals surface area contributed by atoms with E-state index in [-0.39, 0.29) is 11.4 Å².